The summed E-state index contributed by atoms with van der Waals surface area (Å²) in [6.45, 7) is 4.79. The van der Waals surface area contributed by atoms with Gasteiger partial charge in [0.15, 0.2) is 0 Å². The first kappa shape index (κ1) is 12.1. The molecule has 1 unspecified atom stereocenters. The Bertz CT molecular complexity index is 324. The van der Waals surface area contributed by atoms with Gasteiger partial charge in [0.25, 0.3) is 0 Å². The van der Waals surface area contributed by atoms with Crippen molar-refractivity contribution in [2.45, 2.75) is 26.8 Å². The standard InChI is InChI=1S/C10H17N3OS/c1-3-8-5-12-9(15-8)6-13-10(14)7(2)4-11/h5,7H,3-4,6,11H2,1-2H3,(H,13,14). The number of hydrogen-bond acceptors (Lipinski definition) is 4. The lowest BCUT2D eigenvalue weighted by Gasteiger charge is -2.07. The molecule has 0 fully saturated rings. The summed E-state index contributed by atoms with van der Waals surface area (Å²) in [6, 6.07) is 0. The smallest absolute Gasteiger partial charge is 0.224 e. The number of nitrogens with two attached hydrogens (primary N) is 1. The molecule has 0 aliphatic heterocycles. The van der Waals surface area contributed by atoms with Crippen molar-refractivity contribution in [3.63, 3.8) is 0 Å². The number of thiazole rings is 1. The Balaban J connectivity index is 2.40. The maximum absolute atomic E-state index is 11.4. The maximum atomic E-state index is 11.4. The Labute approximate surface area is 93.9 Å². The maximum Gasteiger partial charge on any atom is 0.224 e. The zero-order chi connectivity index (χ0) is 11.3. The minimum absolute atomic E-state index is 0.00857. The summed E-state index contributed by atoms with van der Waals surface area (Å²) in [6.07, 6.45) is 2.85. The summed E-state index contributed by atoms with van der Waals surface area (Å²) in [5.41, 5.74) is 5.39. The molecule has 1 aromatic heterocycles. The number of hydrogen-bond donors (Lipinski definition) is 2. The van der Waals surface area contributed by atoms with E-state index >= 15 is 0 Å². The second-order valence-electron chi connectivity index (χ2n) is 3.43. The van der Waals surface area contributed by atoms with Gasteiger partial charge in [-0.3, -0.25) is 4.79 Å². The third kappa shape index (κ3) is 3.60. The van der Waals surface area contributed by atoms with Crippen molar-refractivity contribution in [3.05, 3.63) is 16.1 Å². The quantitative estimate of drug-likeness (QED) is 0.786. The van der Waals surface area contributed by atoms with Crippen LogP contribution in [0.3, 0.4) is 0 Å². The van der Waals surface area contributed by atoms with E-state index in [-0.39, 0.29) is 11.8 Å². The largest absolute Gasteiger partial charge is 0.349 e. The Kier molecular flexibility index (Phi) is 4.71. The van der Waals surface area contributed by atoms with E-state index < -0.39 is 0 Å². The Morgan fingerprint density at radius 2 is 2.47 bits per heavy atom. The SMILES string of the molecule is CCc1cnc(CNC(=O)C(C)CN)s1. The van der Waals surface area contributed by atoms with Gasteiger partial charge in [-0.15, -0.1) is 11.3 Å². The molecule has 4 nitrogen and oxygen atoms in total. The highest BCUT2D eigenvalue weighted by atomic mass is 32.1. The van der Waals surface area contributed by atoms with Gasteiger partial charge < -0.3 is 11.1 Å². The highest BCUT2D eigenvalue weighted by molar-refractivity contribution is 7.11. The number of aryl methyl sites for hydroxylation is 1. The molecule has 0 radical (unpaired) electrons. The molecule has 0 saturated heterocycles. The minimum atomic E-state index is -0.129. The molecule has 15 heavy (non-hydrogen) atoms. The predicted octanol–water partition coefficient (Wildman–Crippen LogP) is 0.917. The monoisotopic (exact) mass is 227 g/mol. The van der Waals surface area contributed by atoms with E-state index in [4.69, 9.17) is 5.73 Å². The first-order chi connectivity index (χ1) is 7.17. The minimum Gasteiger partial charge on any atom is -0.349 e. The zero-order valence-corrected chi connectivity index (χ0v) is 9.93. The number of rotatable bonds is 5. The van der Waals surface area contributed by atoms with Gasteiger partial charge in [0.05, 0.1) is 6.54 Å². The van der Waals surface area contributed by atoms with E-state index in [0.29, 0.717) is 13.1 Å². The fraction of sp³-hybridized carbons (Fsp3) is 0.600. The van der Waals surface area contributed by atoms with Crippen LogP contribution in [-0.4, -0.2) is 17.4 Å². The summed E-state index contributed by atoms with van der Waals surface area (Å²) in [5.74, 6) is -0.138. The van der Waals surface area contributed by atoms with Crippen LogP contribution >= 0.6 is 11.3 Å². The van der Waals surface area contributed by atoms with Gasteiger partial charge in [0.2, 0.25) is 5.91 Å². The third-order valence-corrected chi connectivity index (χ3v) is 3.31. The van der Waals surface area contributed by atoms with Crippen molar-refractivity contribution >= 4 is 17.2 Å². The van der Waals surface area contributed by atoms with Crippen molar-refractivity contribution in [2.24, 2.45) is 11.7 Å². The summed E-state index contributed by atoms with van der Waals surface area (Å²) in [5, 5.41) is 3.76. The van der Waals surface area contributed by atoms with E-state index in [1.165, 1.54) is 4.88 Å². The molecule has 0 aliphatic carbocycles. The molecule has 1 atom stereocenters. The van der Waals surface area contributed by atoms with Crippen molar-refractivity contribution < 1.29 is 4.79 Å². The normalized spacial score (nSPS) is 12.5. The lowest BCUT2D eigenvalue weighted by atomic mass is 10.2. The van der Waals surface area contributed by atoms with Gasteiger partial charge in [0, 0.05) is 23.5 Å². The second kappa shape index (κ2) is 5.82. The summed E-state index contributed by atoms with van der Waals surface area (Å²) >= 11 is 1.64. The Morgan fingerprint density at radius 1 is 1.73 bits per heavy atom. The van der Waals surface area contributed by atoms with Crippen LogP contribution in [0.5, 0.6) is 0 Å². The molecule has 0 spiro atoms. The van der Waals surface area contributed by atoms with Crippen LogP contribution in [0, 0.1) is 5.92 Å². The molecule has 0 aliphatic rings. The summed E-state index contributed by atoms with van der Waals surface area (Å²) < 4.78 is 0. The van der Waals surface area contributed by atoms with Crippen LogP contribution in [0.15, 0.2) is 6.20 Å². The molecule has 1 amide bonds. The lowest BCUT2D eigenvalue weighted by Crippen LogP contribution is -2.32. The van der Waals surface area contributed by atoms with Crippen LogP contribution in [0.1, 0.15) is 23.7 Å². The molecular formula is C10H17N3OS. The molecule has 0 bridgehead atoms. The summed E-state index contributed by atoms with van der Waals surface area (Å²) in [4.78, 5) is 16.9. The number of aromatic nitrogens is 1. The predicted molar refractivity (Wildman–Crippen MR) is 61.6 cm³/mol. The van der Waals surface area contributed by atoms with Crippen molar-refractivity contribution in [3.8, 4) is 0 Å². The van der Waals surface area contributed by atoms with Crippen molar-refractivity contribution in [1.82, 2.24) is 10.3 Å². The average molecular weight is 227 g/mol. The van der Waals surface area contributed by atoms with Gasteiger partial charge in [-0.05, 0) is 6.42 Å². The second-order valence-corrected chi connectivity index (χ2v) is 4.63. The van der Waals surface area contributed by atoms with Crippen LogP contribution in [0.2, 0.25) is 0 Å². The van der Waals surface area contributed by atoms with Gasteiger partial charge in [0.1, 0.15) is 5.01 Å². The zero-order valence-electron chi connectivity index (χ0n) is 9.12. The van der Waals surface area contributed by atoms with Gasteiger partial charge in [-0.1, -0.05) is 13.8 Å². The molecule has 5 heteroatoms. The lowest BCUT2D eigenvalue weighted by molar-refractivity contribution is -0.124. The molecule has 1 heterocycles. The molecule has 0 saturated carbocycles. The molecule has 3 N–H and O–H groups in total. The van der Waals surface area contributed by atoms with Crippen LogP contribution in [-0.2, 0) is 17.8 Å². The number of amides is 1. The van der Waals surface area contributed by atoms with Crippen molar-refractivity contribution in [1.29, 1.82) is 0 Å². The number of nitrogens with zero attached hydrogens (tertiary/aromatic N) is 1. The fourth-order valence-corrected chi connectivity index (χ4v) is 1.84. The van der Waals surface area contributed by atoms with Crippen LogP contribution in [0.25, 0.3) is 0 Å². The average Bonchev–Trinajstić information content (AvgIpc) is 2.72. The van der Waals surface area contributed by atoms with Crippen LogP contribution in [0.4, 0.5) is 0 Å². The molecule has 0 aromatic carbocycles. The molecule has 84 valence electrons. The molecule has 1 aromatic rings. The van der Waals surface area contributed by atoms with E-state index in [2.05, 4.69) is 17.2 Å². The molecular weight excluding hydrogens is 210 g/mol. The van der Waals surface area contributed by atoms with Crippen molar-refractivity contribution in [2.75, 3.05) is 6.54 Å². The fourth-order valence-electron chi connectivity index (χ4n) is 1.04. The molecule has 1 rings (SSSR count). The first-order valence-electron chi connectivity index (χ1n) is 5.08. The topological polar surface area (TPSA) is 68.0 Å². The van der Waals surface area contributed by atoms with Gasteiger partial charge in [-0.25, -0.2) is 4.98 Å². The Hall–Kier alpha value is -0.940. The van der Waals surface area contributed by atoms with Gasteiger partial charge in [-0.2, -0.15) is 0 Å². The Morgan fingerprint density at radius 3 is 3.00 bits per heavy atom. The highest BCUT2D eigenvalue weighted by Crippen LogP contribution is 2.12. The first-order valence-corrected chi connectivity index (χ1v) is 5.90. The van der Waals surface area contributed by atoms with Gasteiger partial charge >= 0.3 is 0 Å². The van der Waals surface area contributed by atoms with E-state index in [9.17, 15) is 4.79 Å². The van der Waals surface area contributed by atoms with Crippen LogP contribution < -0.4 is 11.1 Å². The number of carbonyl (C=O) groups excluding carboxylic acids is 1. The number of nitrogens with one attached hydrogen (secondary N) is 1. The summed E-state index contributed by atoms with van der Waals surface area (Å²) in [7, 11) is 0. The van der Waals surface area contributed by atoms with E-state index in [1.54, 1.807) is 11.3 Å². The number of carbonyl (C=O) groups is 1. The van der Waals surface area contributed by atoms with E-state index in [0.717, 1.165) is 11.4 Å². The third-order valence-electron chi connectivity index (χ3n) is 2.16. The highest BCUT2D eigenvalue weighted by Gasteiger charge is 2.10. The van der Waals surface area contributed by atoms with E-state index in [1.807, 2.05) is 13.1 Å².